The smallest absolute Gasteiger partial charge is 0.0654 e. The van der Waals surface area contributed by atoms with Crippen molar-refractivity contribution in [3.63, 3.8) is 0 Å². The van der Waals surface area contributed by atoms with Crippen LogP contribution in [0.5, 0.6) is 0 Å². The van der Waals surface area contributed by atoms with Crippen molar-refractivity contribution < 1.29 is 0 Å². The van der Waals surface area contributed by atoms with Crippen LogP contribution in [0.15, 0.2) is 41.3 Å². The first kappa shape index (κ1) is 13.1. The molecule has 1 aliphatic rings. The Morgan fingerprint density at radius 1 is 0.947 bits per heavy atom. The summed E-state index contributed by atoms with van der Waals surface area (Å²) in [5.74, 6) is 2.83. The van der Waals surface area contributed by atoms with Gasteiger partial charge < -0.3 is 0 Å². The van der Waals surface area contributed by atoms with Crippen LogP contribution in [0.1, 0.15) is 38.2 Å². The highest BCUT2D eigenvalue weighted by molar-refractivity contribution is 7.97. The first-order chi connectivity index (χ1) is 9.36. The van der Waals surface area contributed by atoms with Gasteiger partial charge in [-0.15, -0.1) is 0 Å². The molecular weight excluding hydrogens is 248 g/mol. The first-order valence-corrected chi connectivity index (χ1v) is 9.13. The van der Waals surface area contributed by atoms with Gasteiger partial charge in [-0.2, -0.15) is 0 Å². The summed E-state index contributed by atoms with van der Waals surface area (Å²) in [6.45, 7) is 2.26. The van der Waals surface area contributed by atoms with Crippen LogP contribution in [0, 0.1) is 0 Å². The van der Waals surface area contributed by atoms with Crippen molar-refractivity contribution in [1.82, 2.24) is 0 Å². The van der Waals surface area contributed by atoms with E-state index in [4.69, 9.17) is 0 Å². The second-order valence-electron chi connectivity index (χ2n) is 5.56. The van der Waals surface area contributed by atoms with E-state index in [0.717, 1.165) is 0 Å². The maximum Gasteiger partial charge on any atom is 0.155 e. The molecule has 0 unspecified atom stereocenters. The lowest BCUT2D eigenvalue weighted by molar-refractivity contribution is 0.796. The van der Waals surface area contributed by atoms with Crippen molar-refractivity contribution in [3.05, 3.63) is 42.0 Å². The van der Waals surface area contributed by atoms with Crippen molar-refractivity contribution in [2.45, 2.75) is 43.9 Å². The summed E-state index contributed by atoms with van der Waals surface area (Å²) in [5, 5.41) is 2.84. The van der Waals surface area contributed by atoms with Crippen molar-refractivity contribution in [1.29, 1.82) is 0 Å². The predicted molar refractivity (Wildman–Crippen MR) is 87.2 cm³/mol. The average Bonchev–Trinajstić information content (AvgIpc) is 2.98. The van der Waals surface area contributed by atoms with Gasteiger partial charge in [-0.1, -0.05) is 31.5 Å². The lowest BCUT2D eigenvalue weighted by atomic mass is 10.0. The quantitative estimate of drug-likeness (QED) is 0.690. The molecule has 19 heavy (non-hydrogen) atoms. The van der Waals surface area contributed by atoms with Gasteiger partial charge in [0.1, 0.15) is 11.5 Å². The van der Waals surface area contributed by atoms with Gasteiger partial charge in [0.2, 0.25) is 0 Å². The minimum atomic E-state index is 0.543. The third kappa shape index (κ3) is 2.97. The summed E-state index contributed by atoms with van der Waals surface area (Å²) in [5.41, 5.74) is 1.49. The second kappa shape index (κ2) is 6.00. The van der Waals surface area contributed by atoms with Crippen LogP contribution >= 0.6 is 0 Å². The molecule has 0 N–H and O–H groups in total. The first-order valence-electron chi connectivity index (χ1n) is 7.57. The van der Waals surface area contributed by atoms with Gasteiger partial charge in [0.25, 0.3) is 0 Å². The fourth-order valence-electron chi connectivity index (χ4n) is 2.88. The Bertz CT molecular complexity index is 553. The molecule has 0 saturated carbocycles. The van der Waals surface area contributed by atoms with E-state index in [1.807, 2.05) is 0 Å². The lowest BCUT2D eigenvalue weighted by Crippen LogP contribution is -2.03. The zero-order valence-electron chi connectivity index (χ0n) is 11.8. The van der Waals surface area contributed by atoms with E-state index in [2.05, 4.69) is 43.3 Å². The van der Waals surface area contributed by atoms with E-state index in [1.54, 1.807) is 4.90 Å². The fourth-order valence-corrected chi connectivity index (χ4v) is 5.21. The van der Waals surface area contributed by atoms with E-state index in [9.17, 15) is 0 Å². The van der Waals surface area contributed by atoms with E-state index in [0.29, 0.717) is 10.9 Å². The molecule has 0 amide bonds. The van der Waals surface area contributed by atoms with Crippen LogP contribution in [0.2, 0.25) is 0 Å². The Kier molecular flexibility index (Phi) is 4.12. The summed E-state index contributed by atoms with van der Waals surface area (Å²) in [7, 11) is 0.543. The van der Waals surface area contributed by atoms with Gasteiger partial charge >= 0.3 is 0 Å². The number of aryl methyl sites for hydroxylation is 1. The average molecular weight is 271 g/mol. The third-order valence-corrected chi connectivity index (χ3v) is 6.54. The molecule has 1 fully saturated rings. The molecule has 0 aliphatic carbocycles. The van der Waals surface area contributed by atoms with E-state index < -0.39 is 0 Å². The molecule has 1 heterocycles. The molecule has 0 atom stereocenters. The highest BCUT2D eigenvalue weighted by atomic mass is 32.2. The van der Waals surface area contributed by atoms with Crippen LogP contribution < -0.4 is 0 Å². The van der Waals surface area contributed by atoms with Gasteiger partial charge in [0.05, 0.1) is 0 Å². The van der Waals surface area contributed by atoms with Crippen LogP contribution in [-0.4, -0.2) is 11.5 Å². The van der Waals surface area contributed by atoms with E-state index in [1.165, 1.54) is 59.9 Å². The predicted octanol–water partition coefficient (Wildman–Crippen LogP) is 4.95. The molecule has 0 nitrogen and oxygen atoms in total. The second-order valence-corrected chi connectivity index (χ2v) is 7.83. The molecule has 0 bridgehead atoms. The number of benzene rings is 2. The zero-order chi connectivity index (χ0) is 13.1. The molecule has 1 aliphatic heterocycles. The van der Waals surface area contributed by atoms with Gasteiger partial charge in [0, 0.05) is 17.0 Å². The molecule has 1 saturated heterocycles. The minimum absolute atomic E-state index is 0.543. The molecular formula is C18H23S+. The molecule has 0 radical (unpaired) electrons. The molecule has 2 aromatic carbocycles. The van der Waals surface area contributed by atoms with Crippen molar-refractivity contribution in [3.8, 4) is 0 Å². The van der Waals surface area contributed by atoms with Gasteiger partial charge in [-0.05, 0) is 54.2 Å². The molecule has 100 valence electrons. The lowest BCUT2D eigenvalue weighted by Gasteiger charge is -2.05. The number of hydrogen-bond donors (Lipinski definition) is 0. The summed E-state index contributed by atoms with van der Waals surface area (Å²) in [6, 6.07) is 14.2. The Morgan fingerprint density at radius 2 is 1.68 bits per heavy atom. The van der Waals surface area contributed by atoms with Crippen molar-refractivity contribution in [2.24, 2.45) is 0 Å². The summed E-state index contributed by atoms with van der Waals surface area (Å²) in [6.07, 6.45) is 6.65. The summed E-state index contributed by atoms with van der Waals surface area (Å²) < 4.78 is 0. The van der Waals surface area contributed by atoms with E-state index in [-0.39, 0.29) is 0 Å². The van der Waals surface area contributed by atoms with Gasteiger partial charge in [-0.3, -0.25) is 0 Å². The van der Waals surface area contributed by atoms with Crippen LogP contribution in [0.25, 0.3) is 10.8 Å². The van der Waals surface area contributed by atoms with Gasteiger partial charge in [0.15, 0.2) is 4.90 Å². The SMILES string of the molecule is CCCCc1ccc2cc([S+]3CCCC3)ccc2c1. The maximum absolute atomic E-state index is 2.44. The monoisotopic (exact) mass is 271 g/mol. The zero-order valence-corrected chi connectivity index (χ0v) is 12.6. The number of hydrogen-bond acceptors (Lipinski definition) is 0. The van der Waals surface area contributed by atoms with Gasteiger partial charge in [-0.25, -0.2) is 0 Å². The molecule has 3 rings (SSSR count). The summed E-state index contributed by atoms with van der Waals surface area (Å²) >= 11 is 0. The minimum Gasteiger partial charge on any atom is -0.0654 e. The number of unbranched alkanes of at least 4 members (excludes halogenated alkanes) is 1. The Hall–Kier alpha value is -0.950. The van der Waals surface area contributed by atoms with E-state index >= 15 is 0 Å². The van der Waals surface area contributed by atoms with Crippen LogP contribution in [0.4, 0.5) is 0 Å². The third-order valence-electron chi connectivity index (χ3n) is 4.06. The van der Waals surface area contributed by atoms with Crippen molar-refractivity contribution >= 4 is 21.7 Å². The Morgan fingerprint density at radius 3 is 2.47 bits per heavy atom. The Balaban J connectivity index is 1.87. The maximum atomic E-state index is 2.44. The fraction of sp³-hybridized carbons (Fsp3) is 0.444. The van der Waals surface area contributed by atoms with Crippen LogP contribution in [-0.2, 0) is 17.3 Å². The highest BCUT2D eigenvalue weighted by Gasteiger charge is 2.26. The topological polar surface area (TPSA) is 0 Å². The number of fused-ring (bicyclic) bond motifs is 1. The standard InChI is InChI=1S/C18H23S/c1-2-3-6-15-7-8-17-14-18(10-9-16(17)13-15)19-11-4-5-12-19/h7-10,13-14H,2-6,11-12H2,1H3/q+1. The normalized spacial score (nSPS) is 16.3. The molecule has 0 spiro atoms. The Labute approximate surface area is 119 Å². The largest absolute Gasteiger partial charge is 0.155 e. The van der Waals surface area contributed by atoms with Crippen molar-refractivity contribution in [2.75, 3.05) is 11.5 Å². The van der Waals surface area contributed by atoms with Crippen LogP contribution in [0.3, 0.4) is 0 Å². The summed E-state index contributed by atoms with van der Waals surface area (Å²) in [4.78, 5) is 1.59. The number of rotatable bonds is 4. The molecule has 2 aromatic rings. The molecule has 1 heteroatoms. The highest BCUT2D eigenvalue weighted by Crippen LogP contribution is 2.27. The molecule has 0 aromatic heterocycles.